The maximum atomic E-state index is 11.9. The number of halogens is 1. The fourth-order valence-corrected chi connectivity index (χ4v) is 3.00. The van der Waals surface area contributed by atoms with E-state index in [0.29, 0.717) is 11.7 Å². The molecule has 1 N–H and O–H groups in total. The predicted octanol–water partition coefficient (Wildman–Crippen LogP) is 2.40. The number of piperidine rings is 1. The van der Waals surface area contributed by atoms with Gasteiger partial charge in [-0.15, -0.1) is 12.4 Å². The highest BCUT2D eigenvalue weighted by Gasteiger charge is 2.21. The van der Waals surface area contributed by atoms with E-state index in [1.165, 1.54) is 19.3 Å². The van der Waals surface area contributed by atoms with Crippen molar-refractivity contribution in [3.63, 3.8) is 0 Å². The first kappa shape index (κ1) is 18.1. The van der Waals surface area contributed by atoms with Crippen molar-refractivity contribution in [2.75, 3.05) is 38.2 Å². The van der Waals surface area contributed by atoms with Crippen molar-refractivity contribution in [2.24, 2.45) is 5.92 Å². The lowest BCUT2D eigenvalue weighted by molar-refractivity contribution is -0.129. The van der Waals surface area contributed by atoms with Gasteiger partial charge in [0.25, 0.3) is 0 Å². The molecule has 0 saturated carbocycles. The Kier molecular flexibility index (Phi) is 11.0. The second kappa shape index (κ2) is 10.9. The van der Waals surface area contributed by atoms with Crippen LogP contribution in [0.25, 0.3) is 0 Å². The number of likely N-dealkylation sites (tertiary alicyclic amines) is 1. The average Bonchev–Trinajstić information content (AvgIpc) is 2.37. The first-order chi connectivity index (χ1) is 8.27. The number of carbonyl (C=O) groups excluding carboxylic acids is 1. The van der Waals surface area contributed by atoms with Gasteiger partial charge < -0.3 is 10.2 Å². The zero-order valence-corrected chi connectivity index (χ0v) is 13.2. The second-order valence-electron chi connectivity index (χ2n) is 4.77. The van der Waals surface area contributed by atoms with E-state index in [1.807, 2.05) is 7.05 Å². The molecule has 1 rings (SSSR count). The molecular formula is C13H27ClN2OS. The third kappa shape index (κ3) is 6.86. The van der Waals surface area contributed by atoms with Crippen LogP contribution in [0.2, 0.25) is 0 Å². The number of nitrogens with one attached hydrogen (secondary N) is 1. The van der Waals surface area contributed by atoms with E-state index < -0.39 is 0 Å². The minimum Gasteiger partial charge on any atom is -0.342 e. The van der Waals surface area contributed by atoms with E-state index in [2.05, 4.69) is 17.1 Å². The van der Waals surface area contributed by atoms with Gasteiger partial charge in [0.05, 0.1) is 5.75 Å². The highest BCUT2D eigenvalue weighted by atomic mass is 35.5. The molecule has 18 heavy (non-hydrogen) atoms. The van der Waals surface area contributed by atoms with Crippen molar-refractivity contribution in [1.29, 1.82) is 0 Å². The zero-order valence-electron chi connectivity index (χ0n) is 11.6. The normalized spacial score (nSPS) is 16.4. The van der Waals surface area contributed by atoms with Gasteiger partial charge in [0, 0.05) is 13.1 Å². The number of amides is 1. The van der Waals surface area contributed by atoms with Crippen molar-refractivity contribution in [2.45, 2.75) is 32.6 Å². The van der Waals surface area contributed by atoms with Crippen LogP contribution in [0, 0.1) is 5.92 Å². The standard InChI is InChI=1S/C13H26N2OS.ClH/c1-3-10-17-11-13(16)15-8-5-12(6-9-15)4-7-14-2;/h12,14H,3-11H2,1-2H3;1H. The molecule has 1 heterocycles. The smallest absolute Gasteiger partial charge is 0.232 e. The Bertz CT molecular complexity index is 221. The van der Waals surface area contributed by atoms with E-state index in [0.717, 1.165) is 37.7 Å². The quantitative estimate of drug-likeness (QED) is 0.732. The number of hydrogen-bond acceptors (Lipinski definition) is 3. The van der Waals surface area contributed by atoms with Crippen LogP contribution in [0.1, 0.15) is 32.6 Å². The Balaban J connectivity index is 0.00000289. The molecule has 0 radical (unpaired) electrons. The maximum Gasteiger partial charge on any atom is 0.232 e. The molecule has 5 heteroatoms. The molecule has 108 valence electrons. The van der Waals surface area contributed by atoms with E-state index in [-0.39, 0.29) is 12.4 Å². The number of nitrogens with zero attached hydrogens (tertiary/aromatic N) is 1. The van der Waals surface area contributed by atoms with Crippen LogP contribution in [0.4, 0.5) is 0 Å². The third-order valence-corrected chi connectivity index (χ3v) is 4.49. The fraction of sp³-hybridized carbons (Fsp3) is 0.923. The van der Waals surface area contributed by atoms with Gasteiger partial charge in [-0.25, -0.2) is 0 Å². The van der Waals surface area contributed by atoms with Crippen LogP contribution in [0.5, 0.6) is 0 Å². The number of hydrogen-bond donors (Lipinski definition) is 1. The van der Waals surface area contributed by atoms with Crippen molar-refractivity contribution in [1.82, 2.24) is 10.2 Å². The first-order valence-corrected chi connectivity index (χ1v) is 7.93. The molecule has 1 aliphatic rings. The average molecular weight is 295 g/mol. The van der Waals surface area contributed by atoms with Gasteiger partial charge in [0.2, 0.25) is 5.91 Å². The van der Waals surface area contributed by atoms with Gasteiger partial charge >= 0.3 is 0 Å². The summed E-state index contributed by atoms with van der Waals surface area (Å²) in [6, 6.07) is 0. The van der Waals surface area contributed by atoms with Gasteiger partial charge in [-0.05, 0) is 50.9 Å². The molecular weight excluding hydrogens is 268 g/mol. The van der Waals surface area contributed by atoms with Crippen molar-refractivity contribution < 1.29 is 4.79 Å². The van der Waals surface area contributed by atoms with E-state index in [4.69, 9.17) is 0 Å². The van der Waals surface area contributed by atoms with Crippen LogP contribution < -0.4 is 5.32 Å². The van der Waals surface area contributed by atoms with Crippen LogP contribution in [-0.4, -0.2) is 49.0 Å². The Hall–Kier alpha value is 0.0700. The fourth-order valence-electron chi connectivity index (χ4n) is 2.21. The molecule has 0 aromatic rings. The molecule has 0 atom stereocenters. The number of carbonyl (C=O) groups is 1. The highest BCUT2D eigenvalue weighted by Crippen LogP contribution is 2.20. The Morgan fingerprint density at radius 3 is 2.61 bits per heavy atom. The summed E-state index contributed by atoms with van der Waals surface area (Å²) in [6.07, 6.45) is 4.78. The number of rotatable bonds is 7. The molecule has 0 unspecified atom stereocenters. The molecule has 0 bridgehead atoms. The lowest BCUT2D eigenvalue weighted by atomic mass is 9.93. The highest BCUT2D eigenvalue weighted by molar-refractivity contribution is 7.99. The van der Waals surface area contributed by atoms with Gasteiger partial charge in [-0.1, -0.05) is 6.92 Å². The summed E-state index contributed by atoms with van der Waals surface area (Å²) in [5.74, 6) is 2.93. The Morgan fingerprint density at radius 1 is 1.39 bits per heavy atom. The van der Waals surface area contributed by atoms with E-state index >= 15 is 0 Å². The largest absolute Gasteiger partial charge is 0.342 e. The van der Waals surface area contributed by atoms with Gasteiger partial charge in [-0.3, -0.25) is 4.79 Å². The SMILES string of the molecule is CCCSCC(=O)N1CCC(CCNC)CC1.Cl. The molecule has 0 aromatic carbocycles. The second-order valence-corrected chi connectivity index (χ2v) is 5.87. The monoisotopic (exact) mass is 294 g/mol. The molecule has 0 aliphatic carbocycles. The molecule has 1 amide bonds. The van der Waals surface area contributed by atoms with E-state index in [1.54, 1.807) is 11.8 Å². The molecule has 1 fully saturated rings. The van der Waals surface area contributed by atoms with Crippen LogP contribution in [0.15, 0.2) is 0 Å². The predicted molar refractivity (Wildman–Crippen MR) is 82.7 cm³/mol. The third-order valence-electron chi connectivity index (χ3n) is 3.34. The van der Waals surface area contributed by atoms with Crippen LogP contribution in [-0.2, 0) is 4.79 Å². The molecule has 0 aromatic heterocycles. The summed E-state index contributed by atoms with van der Waals surface area (Å²) in [6.45, 7) is 5.20. The lowest BCUT2D eigenvalue weighted by Crippen LogP contribution is -2.39. The van der Waals surface area contributed by atoms with Gasteiger partial charge in [0.15, 0.2) is 0 Å². The van der Waals surface area contributed by atoms with Crippen molar-refractivity contribution in [3.05, 3.63) is 0 Å². The molecule has 1 saturated heterocycles. The summed E-state index contributed by atoms with van der Waals surface area (Å²) >= 11 is 1.77. The van der Waals surface area contributed by atoms with Crippen LogP contribution in [0.3, 0.4) is 0 Å². The molecule has 3 nitrogen and oxygen atoms in total. The van der Waals surface area contributed by atoms with Crippen molar-refractivity contribution >= 4 is 30.1 Å². The Morgan fingerprint density at radius 2 is 2.06 bits per heavy atom. The summed E-state index contributed by atoms with van der Waals surface area (Å²) in [5, 5.41) is 3.20. The minimum atomic E-state index is 0. The lowest BCUT2D eigenvalue weighted by Gasteiger charge is -2.32. The van der Waals surface area contributed by atoms with Crippen LogP contribution >= 0.6 is 24.2 Å². The van der Waals surface area contributed by atoms with Gasteiger partial charge in [-0.2, -0.15) is 11.8 Å². The summed E-state index contributed by atoms with van der Waals surface area (Å²) < 4.78 is 0. The summed E-state index contributed by atoms with van der Waals surface area (Å²) in [4.78, 5) is 13.9. The Labute approximate surface area is 122 Å². The molecule has 1 aliphatic heterocycles. The zero-order chi connectivity index (χ0) is 12.5. The maximum absolute atomic E-state index is 11.9. The van der Waals surface area contributed by atoms with Gasteiger partial charge in [0.1, 0.15) is 0 Å². The van der Waals surface area contributed by atoms with Crippen molar-refractivity contribution in [3.8, 4) is 0 Å². The summed E-state index contributed by atoms with van der Waals surface area (Å²) in [7, 11) is 2.00. The van der Waals surface area contributed by atoms with E-state index in [9.17, 15) is 4.79 Å². The number of thioether (sulfide) groups is 1. The first-order valence-electron chi connectivity index (χ1n) is 6.78. The topological polar surface area (TPSA) is 32.3 Å². The minimum absolute atomic E-state index is 0. The molecule has 0 spiro atoms. The summed E-state index contributed by atoms with van der Waals surface area (Å²) in [5.41, 5.74) is 0.